The van der Waals surface area contributed by atoms with Crippen LogP contribution >= 0.6 is 0 Å². The summed E-state index contributed by atoms with van der Waals surface area (Å²) in [5.41, 5.74) is 6.87. The molecule has 1 aromatic rings. The van der Waals surface area contributed by atoms with Crippen LogP contribution < -0.4 is 0 Å². The Hall–Kier alpha value is -1.31. The molecule has 0 aromatic heterocycles. The molecule has 0 spiro atoms. The van der Waals surface area contributed by atoms with Crippen molar-refractivity contribution in [3.63, 3.8) is 0 Å². The predicted octanol–water partition coefficient (Wildman–Crippen LogP) is 2.89. The average Bonchev–Trinajstić information content (AvgIpc) is 2.34. The van der Waals surface area contributed by atoms with Gasteiger partial charge in [-0.15, -0.1) is 0 Å². The maximum absolute atomic E-state index is 11.6. The Morgan fingerprint density at radius 1 is 1.24 bits per heavy atom. The third kappa shape index (κ3) is 2.08. The first-order valence-electron chi connectivity index (χ1n) is 6.21. The number of rotatable bonds is 1. The Bertz CT molecular complexity index is 460. The number of fused-ring (bicyclic) bond motifs is 1. The number of carbonyl (C=O) groups is 1. The molecule has 0 saturated heterocycles. The van der Waals surface area contributed by atoms with Crippen LogP contribution in [0.25, 0.3) is 0 Å². The van der Waals surface area contributed by atoms with Gasteiger partial charge in [-0.1, -0.05) is 6.07 Å². The first-order valence-corrected chi connectivity index (χ1v) is 6.21. The van der Waals surface area contributed by atoms with Crippen molar-refractivity contribution < 1.29 is 9.53 Å². The van der Waals surface area contributed by atoms with E-state index >= 15 is 0 Å². The van der Waals surface area contributed by atoms with Gasteiger partial charge in [-0.2, -0.15) is 0 Å². The SMILES string of the molecule is COC(=O)[C@@H]1CCc2c(C)cc(C)c(C)c2C1. The number of hydrogen-bond acceptors (Lipinski definition) is 2. The largest absolute Gasteiger partial charge is 0.469 e. The summed E-state index contributed by atoms with van der Waals surface area (Å²) in [5.74, 6) is -0.0124. The van der Waals surface area contributed by atoms with Crippen LogP contribution in [0, 0.1) is 26.7 Å². The van der Waals surface area contributed by atoms with E-state index in [-0.39, 0.29) is 11.9 Å². The fraction of sp³-hybridized carbons (Fsp3) is 0.533. The normalized spacial score (nSPS) is 18.7. The highest BCUT2D eigenvalue weighted by molar-refractivity contribution is 5.73. The number of esters is 1. The summed E-state index contributed by atoms with van der Waals surface area (Å²) in [5, 5.41) is 0. The summed E-state index contributed by atoms with van der Waals surface area (Å²) >= 11 is 0. The molecule has 2 rings (SSSR count). The van der Waals surface area contributed by atoms with E-state index in [1.807, 2.05) is 0 Å². The second-order valence-electron chi connectivity index (χ2n) is 5.06. The van der Waals surface area contributed by atoms with E-state index in [1.54, 1.807) is 0 Å². The third-order valence-electron chi connectivity index (χ3n) is 4.05. The van der Waals surface area contributed by atoms with Crippen LogP contribution in [0.3, 0.4) is 0 Å². The molecule has 2 heteroatoms. The topological polar surface area (TPSA) is 26.3 Å². The standard InChI is InChI=1S/C15H20O2/c1-9-7-10(2)13-6-5-12(15(16)17-4)8-14(13)11(9)3/h7,12H,5-6,8H2,1-4H3/t12-/m1/s1. The first-order chi connectivity index (χ1) is 8.04. The van der Waals surface area contributed by atoms with Gasteiger partial charge in [0, 0.05) is 0 Å². The van der Waals surface area contributed by atoms with Crippen LogP contribution in [-0.4, -0.2) is 13.1 Å². The van der Waals surface area contributed by atoms with Gasteiger partial charge >= 0.3 is 5.97 Å². The number of benzene rings is 1. The van der Waals surface area contributed by atoms with Crippen molar-refractivity contribution in [3.8, 4) is 0 Å². The summed E-state index contributed by atoms with van der Waals surface area (Å²) in [6.07, 6.45) is 2.77. The van der Waals surface area contributed by atoms with Crippen molar-refractivity contribution in [3.05, 3.63) is 33.9 Å². The molecule has 1 atom stereocenters. The van der Waals surface area contributed by atoms with Crippen molar-refractivity contribution in [2.24, 2.45) is 5.92 Å². The molecule has 1 aliphatic rings. The lowest BCUT2D eigenvalue weighted by Crippen LogP contribution is -2.25. The lowest BCUT2D eigenvalue weighted by molar-refractivity contribution is -0.145. The number of aryl methyl sites for hydroxylation is 2. The summed E-state index contributed by atoms with van der Waals surface area (Å²) < 4.78 is 4.87. The number of ether oxygens (including phenoxy) is 1. The Labute approximate surface area is 103 Å². The molecular formula is C15H20O2. The molecule has 0 bridgehead atoms. The van der Waals surface area contributed by atoms with Gasteiger partial charge in [-0.3, -0.25) is 4.79 Å². The van der Waals surface area contributed by atoms with Crippen molar-refractivity contribution in [1.82, 2.24) is 0 Å². The minimum atomic E-state index is -0.0609. The van der Waals surface area contributed by atoms with Crippen molar-refractivity contribution in [2.75, 3.05) is 7.11 Å². The molecule has 0 fully saturated rings. The summed E-state index contributed by atoms with van der Waals surface area (Å²) in [6, 6.07) is 2.26. The molecule has 17 heavy (non-hydrogen) atoms. The number of hydrogen-bond donors (Lipinski definition) is 0. The molecule has 92 valence electrons. The molecule has 0 radical (unpaired) electrons. The summed E-state index contributed by atoms with van der Waals surface area (Å²) in [6.45, 7) is 6.47. The van der Waals surface area contributed by atoms with Crippen LogP contribution in [0.5, 0.6) is 0 Å². The monoisotopic (exact) mass is 232 g/mol. The van der Waals surface area contributed by atoms with Gasteiger partial charge in [-0.25, -0.2) is 0 Å². The van der Waals surface area contributed by atoms with E-state index in [0.717, 1.165) is 19.3 Å². The van der Waals surface area contributed by atoms with Gasteiger partial charge < -0.3 is 4.74 Å². The first kappa shape index (κ1) is 12.2. The highest BCUT2D eigenvalue weighted by Crippen LogP contribution is 2.32. The Morgan fingerprint density at radius 3 is 2.59 bits per heavy atom. The predicted molar refractivity (Wildman–Crippen MR) is 68.2 cm³/mol. The second-order valence-corrected chi connectivity index (χ2v) is 5.06. The zero-order valence-electron chi connectivity index (χ0n) is 11.1. The molecule has 2 nitrogen and oxygen atoms in total. The Morgan fingerprint density at radius 2 is 1.94 bits per heavy atom. The van der Waals surface area contributed by atoms with Gasteiger partial charge in [0.25, 0.3) is 0 Å². The fourth-order valence-corrected chi connectivity index (χ4v) is 2.88. The zero-order chi connectivity index (χ0) is 12.6. The van der Waals surface area contributed by atoms with Crippen LogP contribution in [0.2, 0.25) is 0 Å². The lowest BCUT2D eigenvalue weighted by atomic mass is 9.79. The van der Waals surface area contributed by atoms with E-state index in [1.165, 1.54) is 34.9 Å². The van der Waals surface area contributed by atoms with Crippen LogP contribution in [-0.2, 0) is 22.4 Å². The lowest BCUT2D eigenvalue weighted by Gasteiger charge is -2.26. The molecule has 0 amide bonds. The van der Waals surface area contributed by atoms with Gasteiger partial charge in [0.1, 0.15) is 0 Å². The average molecular weight is 232 g/mol. The van der Waals surface area contributed by atoms with E-state index in [0.29, 0.717) is 0 Å². The molecule has 0 heterocycles. The highest BCUT2D eigenvalue weighted by Gasteiger charge is 2.27. The van der Waals surface area contributed by atoms with Crippen LogP contribution in [0.1, 0.15) is 34.2 Å². The second kappa shape index (κ2) is 4.52. The van der Waals surface area contributed by atoms with E-state index in [4.69, 9.17) is 4.74 Å². The summed E-state index contributed by atoms with van der Waals surface area (Å²) in [4.78, 5) is 11.6. The third-order valence-corrected chi connectivity index (χ3v) is 4.05. The summed E-state index contributed by atoms with van der Waals surface area (Å²) in [7, 11) is 1.48. The molecule has 1 aliphatic carbocycles. The molecule has 1 aromatic carbocycles. The smallest absolute Gasteiger partial charge is 0.309 e. The number of methoxy groups -OCH3 is 1. The minimum absolute atomic E-state index is 0.0485. The molecule has 0 aliphatic heterocycles. The zero-order valence-corrected chi connectivity index (χ0v) is 11.1. The maximum Gasteiger partial charge on any atom is 0.309 e. The van der Waals surface area contributed by atoms with Gasteiger partial charge in [0.2, 0.25) is 0 Å². The van der Waals surface area contributed by atoms with Crippen molar-refractivity contribution in [1.29, 1.82) is 0 Å². The van der Waals surface area contributed by atoms with E-state index in [2.05, 4.69) is 26.8 Å². The van der Waals surface area contributed by atoms with Crippen molar-refractivity contribution in [2.45, 2.75) is 40.0 Å². The van der Waals surface area contributed by atoms with Crippen LogP contribution in [0.15, 0.2) is 6.07 Å². The quantitative estimate of drug-likeness (QED) is 0.696. The van der Waals surface area contributed by atoms with Gasteiger partial charge in [-0.05, 0) is 67.9 Å². The maximum atomic E-state index is 11.6. The van der Waals surface area contributed by atoms with Gasteiger partial charge in [0.15, 0.2) is 0 Å². The molecular weight excluding hydrogens is 212 g/mol. The van der Waals surface area contributed by atoms with E-state index in [9.17, 15) is 4.79 Å². The highest BCUT2D eigenvalue weighted by atomic mass is 16.5. The number of carbonyl (C=O) groups excluding carboxylic acids is 1. The van der Waals surface area contributed by atoms with Crippen molar-refractivity contribution >= 4 is 5.97 Å². The fourth-order valence-electron chi connectivity index (χ4n) is 2.88. The molecule has 0 N–H and O–H groups in total. The Kier molecular flexibility index (Phi) is 3.23. The van der Waals surface area contributed by atoms with Gasteiger partial charge in [0.05, 0.1) is 13.0 Å². The minimum Gasteiger partial charge on any atom is -0.469 e. The van der Waals surface area contributed by atoms with Crippen LogP contribution in [0.4, 0.5) is 0 Å². The Balaban J connectivity index is 2.40. The molecule has 0 saturated carbocycles. The molecule has 0 unspecified atom stereocenters. The van der Waals surface area contributed by atoms with E-state index < -0.39 is 0 Å².